The Labute approximate surface area is 459 Å². The first-order chi connectivity index (χ1) is 36.4. The van der Waals surface area contributed by atoms with Crippen LogP contribution in [-0.4, -0.2) is 86.6 Å². The van der Waals surface area contributed by atoms with Gasteiger partial charge in [-0.25, -0.2) is 0 Å². The molecule has 0 atom stereocenters. The first-order valence-corrected chi connectivity index (χ1v) is 47.6. The van der Waals surface area contributed by atoms with Gasteiger partial charge in [0.2, 0.25) is 0 Å². The Kier molecular flexibility index (Phi) is 15.9. The van der Waals surface area contributed by atoms with E-state index in [0.29, 0.717) is 54.4 Å². The number of hydrogen-bond donors (Lipinski definition) is 0. The maximum atomic E-state index is 8.43. The van der Waals surface area contributed by atoms with Crippen molar-refractivity contribution in [2.45, 2.75) is 78.2 Å². The predicted octanol–water partition coefficient (Wildman–Crippen LogP) is 7.82. The molecule has 0 unspecified atom stereocenters. The summed E-state index contributed by atoms with van der Waals surface area (Å²) in [4.78, 5) is 0. The van der Waals surface area contributed by atoms with Crippen molar-refractivity contribution in [1.29, 1.82) is 0 Å². The molecule has 3 heterocycles. The van der Waals surface area contributed by atoms with Crippen LogP contribution in [-0.2, 0) is 49.4 Å². The maximum Gasteiger partial charge on any atom is 0.515 e. The lowest BCUT2D eigenvalue weighted by atomic mass is 10.4. The summed E-state index contributed by atoms with van der Waals surface area (Å²) < 4.78 is 99.7. The van der Waals surface area contributed by atoms with Crippen LogP contribution in [0.25, 0.3) is 0 Å². The molecular weight excluding hydrogens is 1120 g/mol. The van der Waals surface area contributed by atoms with Crippen LogP contribution in [0.3, 0.4) is 0 Å². The fourth-order valence-electron chi connectivity index (χ4n) is 9.07. The summed E-state index contributed by atoms with van der Waals surface area (Å²) in [6.07, 6.45) is 0. The fourth-order valence-corrected chi connectivity index (χ4v) is 57.7. The Balaban J connectivity index is 1.47. The van der Waals surface area contributed by atoms with E-state index in [1.54, 1.807) is 0 Å². The molecule has 76 heavy (non-hydrogen) atoms. The predicted molar refractivity (Wildman–Crippen MR) is 320 cm³/mol. The molecule has 0 saturated carbocycles. The lowest BCUT2D eigenvalue weighted by molar-refractivity contribution is 0.0383. The monoisotopic (exact) mass is 1190 g/mol. The average Bonchev–Trinajstić information content (AvgIpc) is 3.43. The van der Waals surface area contributed by atoms with E-state index in [1.807, 2.05) is 212 Å². The molecule has 396 valence electrons. The molecule has 0 spiro atoms. The number of rotatable bonds is 16. The molecule has 10 rings (SSSR count). The van der Waals surface area contributed by atoms with Crippen molar-refractivity contribution in [3.8, 4) is 0 Å². The number of benzene rings is 7. The molecule has 0 aliphatic carbocycles. The van der Waals surface area contributed by atoms with E-state index in [1.165, 1.54) is 0 Å². The van der Waals surface area contributed by atoms with Gasteiger partial charge in [-0.2, -0.15) is 0 Å². The first kappa shape index (κ1) is 55.5. The van der Waals surface area contributed by atoms with E-state index in [9.17, 15) is 0 Å². The second kappa shape index (κ2) is 21.7. The zero-order valence-electron chi connectivity index (χ0n) is 44.7. The second-order valence-electron chi connectivity index (χ2n) is 21.0. The third-order valence-corrected chi connectivity index (χ3v) is 55.7. The summed E-state index contributed by atoms with van der Waals surface area (Å²) in [7, 11) is -41.9. The Bertz CT molecular complexity index is 2720. The quantitative estimate of drug-likeness (QED) is 0.0881. The third-order valence-electron chi connectivity index (χ3n) is 14.1. The normalized spacial score (nSPS) is 29.1. The highest BCUT2D eigenvalue weighted by atomic mass is 28.6. The van der Waals surface area contributed by atoms with Crippen LogP contribution >= 0.6 is 0 Å². The zero-order valence-corrected chi connectivity index (χ0v) is 54.7. The molecule has 0 amide bonds. The van der Waals surface area contributed by atoms with Crippen molar-refractivity contribution in [2.75, 3.05) is 0 Å². The highest BCUT2D eigenvalue weighted by Gasteiger charge is 2.81. The van der Waals surface area contributed by atoms with Crippen molar-refractivity contribution >= 4 is 123 Å². The number of hydrogen-bond acceptors (Lipinski definition) is 12. The maximum absolute atomic E-state index is 8.43. The van der Waals surface area contributed by atoms with Crippen LogP contribution in [0.1, 0.15) is 20.8 Å². The highest BCUT2D eigenvalue weighted by molar-refractivity contribution is 7.11. The lowest BCUT2D eigenvalue weighted by Gasteiger charge is -2.59. The minimum atomic E-state index is -4.86. The molecule has 4 bridgehead atoms. The molecule has 3 aliphatic rings. The highest BCUT2D eigenvalue weighted by Crippen LogP contribution is 2.45. The van der Waals surface area contributed by atoms with Gasteiger partial charge in [0.1, 0.15) is 0 Å². The van der Waals surface area contributed by atoms with E-state index in [0.717, 1.165) is 0 Å². The van der Waals surface area contributed by atoms with Gasteiger partial charge in [0.05, 0.1) is 0 Å². The molecule has 0 radical (unpaired) electrons. The van der Waals surface area contributed by atoms with Gasteiger partial charge in [-0.15, -0.1) is 0 Å². The van der Waals surface area contributed by atoms with Gasteiger partial charge in [0, 0.05) is 36.3 Å². The van der Waals surface area contributed by atoms with Crippen molar-refractivity contribution in [3.63, 3.8) is 0 Å². The van der Waals surface area contributed by atoms with Crippen LogP contribution in [0.4, 0.5) is 0 Å². The van der Waals surface area contributed by atoms with Crippen LogP contribution in [0.15, 0.2) is 212 Å². The van der Waals surface area contributed by atoms with E-state index in [-0.39, 0.29) is 0 Å². The Morgan fingerprint density at radius 3 is 0.579 bits per heavy atom. The Morgan fingerprint density at radius 1 is 0.250 bits per heavy atom. The lowest BCUT2D eigenvalue weighted by Crippen LogP contribution is -2.92. The molecule has 0 N–H and O–H groups in total. The van der Waals surface area contributed by atoms with Crippen molar-refractivity contribution < 1.29 is 49.4 Å². The van der Waals surface area contributed by atoms with Gasteiger partial charge in [-0.1, -0.05) is 233 Å². The van der Waals surface area contributed by atoms with Crippen LogP contribution in [0.5, 0.6) is 0 Å². The first-order valence-electron chi connectivity index (χ1n) is 26.2. The second-order valence-corrected chi connectivity index (χ2v) is 55.3. The SMILES string of the molecule is CC[Si](C)(C)O[Si]1(c2ccccc2)O[Si]2(c3ccccc3)O[Si](O[Si](C)(C)CC)(c3ccccc3)O[Si]3(c4ccccc4)O[Si](O[Si](C)(C)CC)(c4ccccc4)O[Si](c4ccccc4)(O1)O[Si](c1ccccc1)(O2)O3. The van der Waals surface area contributed by atoms with Crippen molar-refractivity contribution in [3.05, 3.63) is 212 Å². The van der Waals surface area contributed by atoms with Gasteiger partial charge in [-0.05, 0) is 57.4 Å². The summed E-state index contributed by atoms with van der Waals surface area (Å²) in [6, 6.07) is 71.4. The molecule has 0 aromatic heterocycles. The van der Waals surface area contributed by atoms with Crippen molar-refractivity contribution in [1.82, 2.24) is 0 Å². The van der Waals surface area contributed by atoms with E-state index in [4.69, 9.17) is 49.4 Å². The molecule has 3 aliphatic heterocycles. The zero-order chi connectivity index (χ0) is 53.4. The summed E-state index contributed by atoms with van der Waals surface area (Å²) in [5.74, 6) is 0. The summed E-state index contributed by atoms with van der Waals surface area (Å²) in [5.41, 5.74) is 0. The molecule has 3 saturated heterocycles. The van der Waals surface area contributed by atoms with Gasteiger partial charge in [0.15, 0.2) is 25.0 Å². The van der Waals surface area contributed by atoms with E-state index in [2.05, 4.69) is 60.1 Å². The molecule has 12 nitrogen and oxygen atoms in total. The smallest absolute Gasteiger partial charge is 0.413 e. The van der Waals surface area contributed by atoms with E-state index < -0.39 is 86.6 Å². The van der Waals surface area contributed by atoms with Crippen molar-refractivity contribution in [2.24, 2.45) is 0 Å². The largest absolute Gasteiger partial charge is 0.515 e. The topological polar surface area (TPSA) is 111 Å². The van der Waals surface area contributed by atoms with Crippen LogP contribution in [0.2, 0.25) is 57.4 Å². The molecular formula is C54H68O12Si10. The summed E-state index contributed by atoms with van der Waals surface area (Å²) >= 11 is 0. The van der Waals surface area contributed by atoms with E-state index >= 15 is 0 Å². The summed E-state index contributed by atoms with van der Waals surface area (Å²) in [5, 5.41) is 4.39. The minimum Gasteiger partial charge on any atom is -0.413 e. The van der Waals surface area contributed by atoms with Gasteiger partial charge >= 0.3 is 61.6 Å². The third kappa shape index (κ3) is 11.0. The minimum absolute atomic E-state index is 0.587. The fraction of sp³-hybridized carbons (Fsp3) is 0.222. The number of fused-ring (bicyclic) bond motifs is 3. The Morgan fingerprint density at radius 2 is 0.408 bits per heavy atom. The van der Waals surface area contributed by atoms with Crippen LogP contribution in [0, 0.1) is 0 Å². The standard InChI is InChI=1S/C54H68O12Si10/c1-10-67(4,5)55-70(48-34-20-13-21-35-48)58-73(51-40-26-16-27-41-51)60-71(56-68(6,7)11-2,49-36-22-14-23-37-49)62-75(53-44-30-18-31-45-53)63-72(57-69(8,9)12-3,50-38-24-15-25-39-50)61-74(59-70,52-42-28-17-29-43-52)65-76(64-73,66-75)54-46-32-19-33-47-54/h13-47H,10-12H2,1-9H3. The van der Waals surface area contributed by atoms with Gasteiger partial charge in [-0.3, -0.25) is 0 Å². The molecule has 7 aromatic carbocycles. The van der Waals surface area contributed by atoms with Gasteiger partial charge < -0.3 is 49.4 Å². The Hall–Kier alpha value is -3.77. The van der Waals surface area contributed by atoms with Gasteiger partial charge in [0.25, 0.3) is 0 Å². The van der Waals surface area contributed by atoms with Crippen LogP contribution < -0.4 is 36.3 Å². The molecule has 22 heteroatoms. The summed E-state index contributed by atoms with van der Waals surface area (Å²) in [6.45, 7) is 19.6. The molecule has 3 fully saturated rings. The average molecular weight is 1190 g/mol. The molecule has 7 aromatic rings.